The zero-order valence-electron chi connectivity index (χ0n) is 21.4. The van der Waals surface area contributed by atoms with E-state index in [1.54, 1.807) is 21.3 Å². The van der Waals surface area contributed by atoms with Gasteiger partial charge in [-0.15, -0.1) is 0 Å². The average molecular weight is 469 g/mol. The third-order valence-electron chi connectivity index (χ3n) is 5.92. The number of hydrogen-bond acceptors (Lipinski definition) is 4. The highest BCUT2D eigenvalue weighted by molar-refractivity contribution is 5.78. The Morgan fingerprint density at radius 3 is 1.79 bits per heavy atom. The zero-order valence-corrected chi connectivity index (χ0v) is 21.4. The Morgan fingerprint density at radius 2 is 1.29 bits per heavy atom. The highest BCUT2D eigenvalue weighted by atomic mass is 16.5. The summed E-state index contributed by atoms with van der Waals surface area (Å²) >= 11 is 0. The molecule has 1 unspecified atom stereocenters. The molecule has 0 fully saturated rings. The lowest BCUT2D eigenvalue weighted by Gasteiger charge is -2.18. The van der Waals surface area contributed by atoms with Crippen LogP contribution in [0.5, 0.6) is 23.0 Å². The van der Waals surface area contributed by atoms with Crippen LogP contribution >= 0.6 is 0 Å². The van der Waals surface area contributed by atoms with Crippen molar-refractivity contribution >= 4 is 18.2 Å². The quantitative estimate of drug-likeness (QED) is 0.276. The van der Waals surface area contributed by atoms with E-state index >= 15 is 0 Å². The fraction of sp³-hybridized carbons (Fsp3) is 0.467. The lowest BCUT2D eigenvalue weighted by molar-refractivity contribution is 0.232. The van der Waals surface area contributed by atoms with Gasteiger partial charge in [0.2, 0.25) is 0 Å². The van der Waals surface area contributed by atoms with Crippen LogP contribution in [-0.4, -0.2) is 27.9 Å². The summed E-state index contributed by atoms with van der Waals surface area (Å²) in [7, 11) is 5.06. The second-order valence-electron chi connectivity index (χ2n) is 8.26. The monoisotopic (exact) mass is 468 g/mol. The Bertz CT molecular complexity index is 943. The van der Waals surface area contributed by atoms with Crippen molar-refractivity contribution in [2.75, 3.05) is 27.9 Å². The molecule has 34 heavy (non-hydrogen) atoms. The standard InChI is InChI=1S/C29H40O4.CH4/c1-8-11-13-22(10-3)20-33-29-16-21(4)26(30-5)17-25(29)15-14-24-19-27(31-6)23(12-9-2)18-28(24)32-7;/h9,12,14-19,22H,8,10-11,13,20H2,1-7H3;1H4/b12-9+,15-14+;. The first-order valence-corrected chi connectivity index (χ1v) is 11.9. The highest BCUT2D eigenvalue weighted by Crippen LogP contribution is 2.34. The summed E-state index contributed by atoms with van der Waals surface area (Å²) in [6.45, 7) is 9.22. The van der Waals surface area contributed by atoms with Gasteiger partial charge in [0.05, 0.1) is 27.9 Å². The van der Waals surface area contributed by atoms with Crippen LogP contribution in [0.15, 0.2) is 30.3 Å². The van der Waals surface area contributed by atoms with Crippen LogP contribution in [0.3, 0.4) is 0 Å². The van der Waals surface area contributed by atoms with Gasteiger partial charge < -0.3 is 18.9 Å². The number of hydrogen-bond donors (Lipinski definition) is 0. The molecule has 0 aliphatic heterocycles. The van der Waals surface area contributed by atoms with Gasteiger partial charge in [0, 0.05) is 16.7 Å². The van der Waals surface area contributed by atoms with Gasteiger partial charge in [-0.1, -0.05) is 64.8 Å². The molecule has 0 saturated heterocycles. The Morgan fingerprint density at radius 1 is 0.765 bits per heavy atom. The highest BCUT2D eigenvalue weighted by Gasteiger charge is 2.12. The molecule has 0 aromatic heterocycles. The molecule has 188 valence electrons. The molecule has 2 aromatic carbocycles. The van der Waals surface area contributed by atoms with Crippen LogP contribution in [0, 0.1) is 12.8 Å². The van der Waals surface area contributed by atoms with Gasteiger partial charge in [0.25, 0.3) is 0 Å². The van der Waals surface area contributed by atoms with Crippen LogP contribution in [0.25, 0.3) is 18.2 Å². The van der Waals surface area contributed by atoms with Gasteiger partial charge in [0.15, 0.2) is 0 Å². The van der Waals surface area contributed by atoms with Crippen molar-refractivity contribution in [2.45, 2.75) is 60.8 Å². The lowest BCUT2D eigenvalue weighted by atomic mass is 10.0. The van der Waals surface area contributed by atoms with Crippen LogP contribution in [0.2, 0.25) is 0 Å². The SMILES string of the molecule is C.C/C=C/c1cc(OC)c(/C=C/c2cc(OC)c(C)cc2OCC(CC)CCCC)cc1OC. The van der Waals surface area contributed by atoms with E-state index in [0.717, 1.165) is 58.3 Å². The van der Waals surface area contributed by atoms with Gasteiger partial charge in [-0.3, -0.25) is 0 Å². The molecule has 0 aliphatic carbocycles. The Kier molecular flexibility index (Phi) is 13.0. The first-order chi connectivity index (χ1) is 16.0. The van der Waals surface area contributed by atoms with E-state index in [0.29, 0.717) is 5.92 Å². The van der Waals surface area contributed by atoms with Crippen molar-refractivity contribution in [1.82, 2.24) is 0 Å². The predicted octanol–water partition coefficient (Wildman–Crippen LogP) is 8.46. The van der Waals surface area contributed by atoms with E-state index in [2.05, 4.69) is 26.0 Å². The molecular weight excluding hydrogens is 424 g/mol. The third kappa shape index (κ3) is 7.86. The molecule has 0 amide bonds. The minimum absolute atomic E-state index is 0. The summed E-state index contributed by atoms with van der Waals surface area (Å²) in [5.74, 6) is 3.86. The summed E-state index contributed by atoms with van der Waals surface area (Å²) in [4.78, 5) is 0. The van der Waals surface area contributed by atoms with Crippen molar-refractivity contribution in [1.29, 1.82) is 0 Å². The third-order valence-corrected chi connectivity index (χ3v) is 5.92. The summed E-state index contributed by atoms with van der Waals surface area (Å²) in [6, 6.07) is 8.09. The molecular formula is C30H44O4. The fourth-order valence-corrected chi connectivity index (χ4v) is 3.82. The Balaban J connectivity index is 0.00000578. The second-order valence-corrected chi connectivity index (χ2v) is 8.26. The van der Waals surface area contributed by atoms with E-state index in [1.807, 2.05) is 50.3 Å². The van der Waals surface area contributed by atoms with E-state index in [9.17, 15) is 0 Å². The molecule has 0 aliphatic rings. The number of allylic oxidation sites excluding steroid dienone is 1. The zero-order chi connectivity index (χ0) is 24.2. The number of benzene rings is 2. The van der Waals surface area contributed by atoms with E-state index in [4.69, 9.17) is 18.9 Å². The number of ether oxygens (including phenoxy) is 4. The van der Waals surface area contributed by atoms with Crippen LogP contribution in [0.4, 0.5) is 0 Å². The maximum Gasteiger partial charge on any atom is 0.127 e. The molecule has 0 spiro atoms. The number of aryl methyl sites for hydroxylation is 1. The van der Waals surface area contributed by atoms with E-state index in [-0.39, 0.29) is 7.43 Å². The summed E-state index contributed by atoms with van der Waals surface area (Å²) < 4.78 is 23.2. The van der Waals surface area contributed by atoms with E-state index in [1.165, 1.54) is 19.3 Å². The molecule has 0 radical (unpaired) electrons. The molecule has 2 aromatic rings. The molecule has 0 heterocycles. The molecule has 1 atom stereocenters. The predicted molar refractivity (Wildman–Crippen MR) is 146 cm³/mol. The minimum atomic E-state index is 0. The smallest absolute Gasteiger partial charge is 0.127 e. The molecule has 0 bridgehead atoms. The van der Waals surface area contributed by atoms with Gasteiger partial charge in [0.1, 0.15) is 23.0 Å². The van der Waals surface area contributed by atoms with E-state index < -0.39 is 0 Å². The Labute approximate surface area is 207 Å². The molecule has 0 N–H and O–H groups in total. The maximum atomic E-state index is 6.34. The largest absolute Gasteiger partial charge is 0.496 e. The van der Waals surface area contributed by atoms with Crippen molar-refractivity contribution in [3.63, 3.8) is 0 Å². The first-order valence-electron chi connectivity index (χ1n) is 11.9. The van der Waals surface area contributed by atoms with Gasteiger partial charge in [-0.05, 0) is 56.0 Å². The topological polar surface area (TPSA) is 36.9 Å². The van der Waals surface area contributed by atoms with Gasteiger partial charge in [-0.2, -0.15) is 0 Å². The Hall–Kier alpha value is -2.88. The normalized spacial score (nSPS) is 12.0. The lowest BCUT2D eigenvalue weighted by Crippen LogP contribution is -2.12. The number of methoxy groups -OCH3 is 3. The second kappa shape index (κ2) is 15.1. The minimum Gasteiger partial charge on any atom is -0.496 e. The van der Waals surface area contributed by atoms with Gasteiger partial charge in [-0.25, -0.2) is 0 Å². The van der Waals surface area contributed by atoms with Crippen molar-refractivity contribution in [2.24, 2.45) is 5.92 Å². The van der Waals surface area contributed by atoms with Crippen molar-refractivity contribution < 1.29 is 18.9 Å². The van der Waals surface area contributed by atoms with Crippen LogP contribution in [0.1, 0.15) is 76.1 Å². The fourth-order valence-electron chi connectivity index (χ4n) is 3.82. The summed E-state index contributed by atoms with van der Waals surface area (Å²) in [5, 5.41) is 0. The summed E-state index contributed by atoms with van der Waals surface area (Å²) in [6.07, 6.45) is 12.8. The van der Waals surface area contributed by atoms with Crippen LogP contribution in [-0.2, 0) is 0 Å². The molecule has 4 nitrogen and oxygen atoms in total. The van der Waals surface area contributed by atoms with Crippen molar-refractivity contribution in [3.05, 3.63) is 52.6 Å². The number of unbranched alkanes of at least 4 members (excludes halogenated alkanes) is 1. The molecule has 0 saturated carbocycles. The molecule has 2 rings (SSSR count). The summed E-state index contributed by atoms with van der Waals surface area (Å²) in [5.41, 5.74) is 3.94. The average Bonchev–Trinajstić information content (AvgIpc) is 2.83. The van der Waals surface area contributed by atoms with Gasteiger partial charge >= 0.3 is 0 Å². The van der Waals surface area contributed by atoms with Crippen molar-refractivity contribution in [3.8, 4) is 23.0 Å². The maximum absolute atomic E-state index is 6.34. The molecule has 4 heteroatoms. The van der Waals surface area contributed by atoms with Crippen LogP contribution < -0.4 is 18.9 Å². The number of rotatable bonds is 13. The first kappa shape index (κ1) is 29.2.